The molecule has 1 fully saturated rings. The highest BCUT2D eigenvalue weighted by Gasteiger charge is 2.16. The predicted molar refractivity (Wildman–Crippen MR) is 75.0 cm³/mol. The van der Waals surface area contributed by atoms with Crippen LogP contribution in [0.5, 0.6) is 0 Å². The molecule has 0 aromatic heterocycles. The van der Waals surface area contributed by atoms with Crippen LogP contribution in [0.3, 0.4) is 0 Å². The second-order valence-electron chi connectivity index (χ2n) is 4.74. The van der Waals surface area contributed by atoms with Crippen LogP contribution >= 0.6 is 0 Å². The molecule has 1 heterocycles. The van der Waals surface area contributed by atoms with E-state index >= 15 is 0 Å². The van der Waals surface area contributed by atoms with Gasteiger partial charge in [-0.05, 0) is 33.1 Å². The highest BCUT2D eigenvalue weighted by Crippen LogP contribution is 2.09. The van der Waals surface area contributed by atoms with Gasteiger partial charge in [0.1, 0.15) is 0 Å². The summed E-state index contributed by atoms with van der Waals surface area (Å²) >= 11 is 0. The first-order valence-corrected chi connectivity index (χ1v) is 7.49. The first kappa shape index (κ1) is 16.4. The Kier molecular flexibility index (Phi) is 8.79. The zero-order valence-corrected chi connectivity index (χ0v) is 12.3. The highest BCUT2D eigenvalue weighted by molar-refractivity contribution is 5.76. The first-order valence-electron chi connectivity index (χ1n) is 7.49. The molecule has 0 bridgehead atoms. The van der Waals surface area contributed by atoms with Crippen molar-refractivity contribution in [1.82, 2.24) is 10.2 Å². The summed E-state index contributed by atoms with van der Waals surface area (Å²) in [7, 11) is 0. The van der Waals surface area contributed by atoms with Gasteiger partial charge < -0.3 is 19.7 Å². The molecule has 0 radical (unpaired) electrons. The molecule has 0 atom stereocenters. The third-order valence-corrected chi connectivity index (χ3v) is 3.24. The Bertz CT molecular complexity index is 237. The van der Waals surface area contributed by atoms with E-state index in [0.29, 0.717) is 32.7 Å². The van der Waals surface area contributed by atoms with Gasteiger partial charge in [0.05, 0.1) is 0 Å². The topological polar surface area (TPSA) is 50.8 Å². The Morgan fingerprint density at radius 1 is 1.16 bits per heavy atom. The monoisotopic (exact) mass is 272 g/mol. The van der Waals surface area contributed by atoms with Gasteiger partial charge in [0.15, 0.2) is 6.29 Å². The lowest BCUT2D eigenvalue weighted by Gasteiger charge is -2.26. The number of likely N-dealkylation sites (tertiary alicyclic amines) is 1. The second kappa shape index (κ2) is 10.2. The molecule has 0 unspecified atom stereocenters. The van der Waals surface area contributed by atoms with Crippen molar-refractivity contribution in [2.45, 2.75) is 45.8 Å². The number of carbonyl (C=O) groups is 1. The fourth-order valence-corrected chi connectivity index (χ4v) is 2.25. The average Bonchev–Trinajstić information content (AvgIpc) is 2.44. The standard InChI is InChI=1S/C14H28N2O3/c1-3-18-14(19-4-2)12-15-9-8-13(17)16-10-6-5-7-11-16/h14-15H,3-12H2,1-2H3. The SMILES string of the molecule is CCOC(CNCCC(=O)N1CCCCC1)OCC. The van der Waals surface area contributed by atoms with E-state index in [1.165, 1.54) is 6.42 Å². The maximum atomic E-state index is 11.9. The molecule has 0 spiro atoms. The molecule has 1 saturated heterocycles. The summed E-state index contributed by atoms with van der Waals surface area (Å²) < 4.78 is 10.9. The Balaban J connectivity index is 2.09. The van der Waals surface area contributed by atoms with Crippen LogP contribution in [0.1, 0.15) is 39.5 Å². The van der Waals surface area contributed by atoms with E-state index in [0.717, 1.165) is 25.9 Å². The lowest BCUT2D eigenvalue weighted by Crippen LogP contribution is -2.38. The fraction of sp³-hybridized carbons (Fsp3) is 0.929. The molecule has 1 N–H and O–H groups in total. The van der Waals surface area contributed by atoms with Gasteiger partial charge in [-0.25, -0.2) is 0 Å². The van der Waals surface area contributed by atoms with Gasteiger partial charge in [-0.3, -0.25) is 4.79 Å². The van der Waals surface area contributed by atoms with Gasteiger partial charge in [-0.15, -0.1) is 0 Å². The Labute approximate surface area is 116 Å². The van der Waals surface area contributed by atoms with Crippen LogP contribution in [0.2, 0.25) is 0 Å². The van der Waals surface area contributed by atoms with Crippen LogP contribution in [0.25, 0.3) is 0 Å². The number of hydrogen-bond acceptors (Lipinski definition) is 4. The molecule has 1 rings (SSSR count). The molecule has 5 heteroatoms. The first-order chi connectivity index (χ1) is 9.27. The van der Waals surface area contributed by atoms with Crippen LogP contribution in [0.15, 0.2) is 0 Å². The number of nitrogens with one attached hydrogen (secondary N) is 1. The van der Waals surface area contributed by atoms with Gasteiger partial charge in [-0.2, -0.15) is 0 Å². The second-order valence-corrected chi connectivity index (χ2v) is 4.74. The van der Waals surface area contributed by atoms with Gasteiger partial charge in [0.2, 0.25) is 5.91 Å². The van der Waals surface area contributed by atoms with E-state index in [2.05, 4.69) is 5.32 Å². The molecule has 0 saturated carbocycles. The summed E-state index contributed by atoms with van der Waals surface area (Å²) in [5.74, 6) is 0.261. The van der Waals surface area contributed by atoms with Crippen LogP contribution in [-0.2, 0) is 14.3 Å². The molecule has 1 aliphatic rings. The van der Waals surface area contributed by atoms with Crippen molar-refractivity contribution in [2.24, 2.45) is 0 Å². The minimum atomic E-state index is -0.208. The molecule has 0 aliphatic carbocycles. The normalized spacial score (nSPS) is 16.1. The number of carbonyl (C=O) groups excluding carboxylic acids is 1. The molecule has 19 heavy (non-hydrogen) atoms. The molecular formula is C14H28N2O3. The van der Waals surface area contributed by atoms with Gasteiger partial charge in [0.25, 0.3) is 0 Å². The number of nitrogens with zero attached hydrogens (tertiary/aromatic N) is 1. The number of ether oxygens (including phenoxy) is 2. The largest absolute Gasteiger partial charge is 0.352 e. The summed E-state index contributed by atoms with van der Waals surface area (Å²) in [5, 5.41) is 3.23. The zero-order chi connectivity index (χ0) is 13.9. The van der Waals surface area contributed by atoms with Crippen molar-refractivity contribution >= 4 is 5.91 Å². The van der Waals surface area contributed by atoms with Crippen molar-refractivity contribution in [3.05, 3.63) is 0 Å². The minimum Gasteiger partial charge on any atom is -0.352 e. The smallest absolute Gasteiger partial charge is 0.223 e. The highest BCUT2D eigenvalue weighted by atomic mass is 16.7. The summed E-state index contributed by atoms with van der Waals surface area (Å²) in [6.45, 7) is 8.36. The third-order valence-electron chi connectivity index (χ3n) is 3.24. The van der Waals surface area contributed by atoms with Crippen LogP contribution in [0, 0.1) is 0 Å². The summed E-state index contributed by atoms with van der Waals surface area (Å²) in [5.41, 5.74) is 0. The van der Waals surface area contributed by atoms with E-state index in [1.807, 2.05) is 18.7 Å². The van der Waals surface area contributed by atoms with Crippen molar-refractivity contribution in [1.29, 1.82) is 0 Å². The number of piperidine rings is 1. The van der Waals surface area contributed by atoms with Gasteiger partial charge in [-0.1, -0.05) is 0 Å². The summed E-state index contributed by atoms with van der Waals surface area (Å²) in [6, 6.07) is 0. The Hall–Kier alpha value is -0.650. The lowest BCUT2D eigenvalue weighted by atomic mass is 10.1. The van der Waals surface area contributed by atoms with Crippen molar-refractivity contribution in [3.63, 3.8) is 0 Å². The third kappa shape index (κ3) is 6.89. The maximum absolute atomic E-state index is 11.9. The number of hydrogen-bond donors (Lipinski definition) is 1. The molecule has 1 amide bonds. The van der Waals surface area contributed by atoms with Crippen molar-refractivity contribution in [2.75, 3.05) is 39.4 Å². The molecule has 0 aromatic rings. The van der Waals surface area contributed by atoms with Gasteiger partial charge in [0, 0.05) is 45.8 Å². The quantitative estimate of drug-likeness (QED) is 0.509. The minimum absolute atomic E-state index is 0.208. The molecule has 1 aliphatic heterocycles. The number of amides is 1. The van der Waals surface area contributed by atoms with E-state index in [-0.39, 0.29) is 12.2 Å². The molecule has 5 nitrogen and oxygen atoms in total. The van der Waals surface area contributed by atoms with Crippen molar-refractivity contribution < 1.29 is 14.3 Å². The van der Waals surface area contributed by atoms with E-state index in [1.54, 1.807) is 0 Å². The van der Waals surface area contributed by atoms with Gasteiger partial charge >= 0.3 is 0 Å². The van der Waals surface area contributed by atoms with Crippen molar-refractivity contribution in [3.8, 4) is 0 Å². The fourth-order valence-electron chi connectivity index (χ4n) is 2.25. The summed E-state index contributed by atoms with van der Waals surface area (Å²) in [4.78, 5) is 13.9. The Morgan fingerprint density at radius 3 is 2.37 bits per heavy atom. The van der Waals surface area contributed by atoms with Crippen LogP contribution in [-0.4, -0.2) is 56.5 Å². The Morgan fingerprint density at radius 2 is 1.79 bits per heavy atom. The summed E-state index contributed by atoms with van der Waals surface area (Å²) in [6.07, 6.45) is 3.91. The zero-order valence-electron chi connectivity index (χ0n) is 12.3. The average molecular weight is 272 g/mol. The van der Waals surface area contributed by atoms with E-state index < -0.39 is 0 Å². The maximum Gasteiger partial charge on any atom is 0.223 e. The predicted octanol–water partition coefficient (Wildman–Crippen LogP) is 1.38. The lowest BCUT2D eigenvalue weighted by molar-refractivity contribution is -0.135. The van der Waals surface area contributed by atoms with Crippen LogP contribution in [0.4, 0.5) is 0 Å². The molecule has 112 valence electrons. The number of rotatable bonds is 9. The van der Waals surface area contributed by atoms with E-state index in [4.69, 9.17) is 9.47 Å². The van der Waals surface area contributed by atoms with Crippen LogP contribution < -0.4 is 5.32 Å². The molecular weight excluding hydrogens is 244 g/mol. The van der Waals surface area contributed by atoms with E-state index in [9.17, 15) is 4.79 Å². The molecule has 0 aromatic carbocycles.